The van der Waals surface area contributed by atoms with Crippen LogP contribution in [0.1, 0.15) is 39.0 Å². The Bertz CT molecular complexity index is 847. The van der Waals surface area contributed by atoms with E-state index in [-0.39, 0.29) is 23.7 Å². The van der Waals surface area contributed by atoms with Gasteiger partial charge in [0, 0.05) is 6.54 Å². The lowest BCUT2D eigenvalue weighted by atomic mass is 9.97. The van der Waals surface area contributed by atoms with Crippen LogP contribution < -0.4 is 15.2 Å². The Morgan fingerprint density at radius 2 is 1.90 bits per heavy atom. The summed E-state index contributed by atoms with van der Waals surface area (Å²) in [6.07, 6.45) is 4.52. The van der Waals surface area contributed by atoms with Crippen molar-refractivity contribution in [2.24, 2.45) is 5.92 Å². The molecule has 0 atom stereocenters. The molecule has 0 aliphatic carbocycles. The molecule has 1 aliphatic rings. The predicted octanol–water partition coefficient (Wildman–Crippen LogP) is 1.87. The first kappa shape index (κ1) is 22.1. The molecule has 30 heavy (non-hydrogen) atoms. The minimum atomic E-state index is -0.0986. The Hall–Kier alpha value is -2.62. The second kappa shape index (κ2) is 10.4. The summed E-state index contributed by atoms with van der Waals surface area (Å²) in [5.74, 6) is 0.210. The van der Waals surface area contributed by atoms with Crippen LogP contribution in [0.3, 0.4) is 0 Å². The Balaban J connectivity index is 1.64. The normalized spacial score (nSPS) is 15.4. The average molecular weight is 421 g/mol. The van der Waals surface area contributed by atoms with Crippen LogP contribution in [0, 0.1) is 5.92 Å². The third-order valence-electron chi connectivity index (χ3n) is 5.46. The van der Waals surface area contributed by atoms with E-state index in [0.717, 1.165) is 51.7 Å². The number of esters is 1. The summed E-state index contributed by atoms with van der Waals surface area (Å²) in [6.45, 7) is 6.03. The lowest BCUT2D eigenvalue weighted by Gasteiger charge is -2.30. The van der Waals surface area contributed by atoms with Crippen molar-refractivity contribution >= 4 is 23.0 Å². The standard InChI is InChI=1S/C20H32N6O4/c1-4-5-13-30-19-23-16(21)15-17(24-19)26(20(22-15)29-3)10-6-9-25-11-7-14(8-12-25)18(27)28-2/h14H,4-13H2,1-3H3,(H2,21,23,24). The van der Waals surface area contributed by atoms with Gasteiger partial charge in [-0.25, -0.2) is 0 Å². The number of nitrogen functional groups attached to an aromatic ring is 1. The number of hydrogen-bond donors (Lipinski definition) is 1. The van der Waals surface area contributed by atoms with E-state index in [1.165, 1.54) is 7.11 Å². The molecule has 0 amide bonds. The van der Waals surface area contributed by atoms with Gasteiger partial charge in [-0.1, -0.05) is 13.3 Å². The molecule has 1 saturated heterocycles. The molecule has 1 fully saturated rings. The highest BCUT2D eigenvalue weighted by atomic mass is 16.5. The zero-order chi connectivity index (χ0) is 21.5. The van der Waals surface area contributed by atoms with Gasteiger partial charge in [0.15, 0.2) is 17.0 Å². The van der Waals surface area contributed by atoms with Gasteiger partial charge in [-0.15, -0.1) is 0 Å². The van der Waals surface area contributed by atoms with Crippen molar-refractivity contribution in [2.45, 2.75) is 45.6 Å². The van der Waals surface area contributed by atoms with E-state index in [1.54, 1.807) is 7.11 Å². The molecular formula is C20H32N6O4. The number of fused-ring (bicyclic) bond motifs is 1. The van der Waals surface area contributed by atoms with Gasteiger partial charge in [-0.2, -0.15) is 15.0 Å². The number of ether oxygens (including phenoxy) is 3. The smallest absolute Gasteiger partial charge is 0.320 e. The highest BCUT2D eigenvalue weighted by molar-refractivity contribution is 5.83. The minimum Gasteiger partial charge on any atom is -0.469 e. The predicted molar refractivity (Wildman–Crippen MR) is 112 cm³/mol. The van der Waals surface area contributed by atoms with Crippen molar-refractivity contribution in [3.8, 4) is 12.0 Å². The van der Waals surface area contributed by atoms with E-state index in [0.29, 0.717) is 30.3 Å². The quantitative estimate of drug-likeness (QED) is 0.454. The highest BCUT2D eigenvalue weighted by Crippen LogP contribution is 2.26. The van der Waals surface area contributed by atoms with E-state index in [1.807, 2.05) is 4.57 Å². The lowest BCUT2D eigenvalue weighted by Crippen LogP contribution is -2.37. The number of nitrogens with zero attached hydrogens (tertiary/aromatic N) is 5. The van der Waals surface area contributed by atoms with Gasteiger partial charge in [-0.05, 0) is 45.3 Å². The molecule has 166 valence electrons. The van der Waals surface area contributed by atoms with Crippen LogP contribution in [-0.4, -0.2) is 70.8 Å². The average Bonchev–Trinajstić information content (AvgIpc) is 3.12. The number of unbranched alkanes of at least 4 members (excludes halogenated alkanes) is 1. The van der Waals surface area contributed by atoms with Gasteiger partial charge < -0.3 is 24.8 Å². The Morgan fingerprint density at radius 3 is 2.57 bits per heavy atom. The van der Waals surface area contributed by atoms with Gasteiger partial charge in [0.05, 0.1) is 26.7 Å². The number of methoxy groups -OCH3 is 2. The molecule has 10 heteroatoms. The van der Waals surface area contributed by atoms with E-state index in [2.05, 4.69) is 26.8 Å². The fraction of sp³-hybridized carbons (Fsp3) is 0.700. The summed E-state index contributed by atoms with van der Waals surface area (Å²) >= 11 is 0. The third kappa shape index (κ3) is 5.10. The molecule has 3 heterocycles. The molecule has 0 bridgehead atoms. The molecular weight excluding hydrogens is 388 g/mol. The van der Waals surface area contributed by atoms with E-state index in [9.17, 15) is 4.79 Å². The monoisotopic (exact) mass is 420 g/mol. The van der Waals surface area contributed by atoms with Crippen LogP contribution in [-0.2, 0) is 16.1 Å². The number of anilines is 1. The van der Waals surface area contributed by atoms with Crippen molar-refractivity contribution in [3.05, 3.63) is 0 Å². The van der Waals surface area contributed by atoms with Crippen molar-refractivity contribution in [2.75, 3.05) is 46.2 Å². The zero-order valence-corrected chi connectivity index (χ0v) is 18.1. The fourth-order valence-corrected chi connectivity index (χ4v) is 3.72. The van der Waals surface area contributed by atoms with Crippen LogP contribution >= 0.6 is 0 Å². The summed E-state index contributed by atoms with van der Waals surface area (Å²) in [5, 5.41) is 0. The molecule has 1 aliphatic heterocycles. The van der Waals surface area contributed by atoms with Gasteiger partial charge in [-0.3, -0.25) is 9.36 Å². The van der Waals surface area contributed by atoms with Crippen LogP contribution in [0.15, 0.2) is 0 Å². The number of imidazole rings is 1. The molecule has 0 unspecified atom stereocenters. The van der Waals surface area contributed by atoms with Crippen LogP contribution in [0.4, 0.5) is 5.82 Å². The first-order valence-electron chi connectivity index (χ1n) is 10.6. The molecule has 0 spiro atoms. The molecule has 10 nitrogen and oxygen atoms in total. The van der Waals surface area contributed by atoms with Crippen molar-refractivity contribution in [1.82, 2.24) is 24.4 Å². The first-order chi connectivity index (χ1) is 14.6. The Morgan fingerprint density at radius 1 is 1.13 bits per heavy atom. The van der Waals surface area contributed by atoms with Crippen molar-refractivity contribution < 1.29 is 19.0 Å². The Kier molecular flexibility index (Phi) is 7.67. The minimum absolute atomic E-state index is 0.0229. The SMILES string of the molecule is CCCCOc1nc(N)c2nc(OC)n(CCCN3CCC(C(=O)OC)CC3)c2n1. The second-order valence-corrected chi connectivity index (χ2v) is 7.51. The molecule has 2 N–H and O–H groups in total. The van der Waals surface area contributed by atoms with Crippen LogP contribution in [0.25, 0.3) is 11.2 Å². The van der Waals surface area contributed by atoms with E-state index >= 15 is 0 Å². The number of likely N-dealkylation sites (tertiary alicyclic amines) is 1. The molecule has 0 aromatic carbocycles. The Labute approximate surface area is 176 Å². The number of nitrogens with two attached hydrogens (primary N) is 1. The van der Waals surface area contributed by atoms with Crippen LogP contribution in [0.2, 0.25) is 0 Å². The number of carbonyl (C=O) groups is 1. The van der Waals surface area contributed by atoms with Crippen molar-refractivity contribution in [3.63, 3.8) is 0 Å². The van der Waals surface area contributed by atoms with Gasteiger partial charge >= 0.3 is 12.0 Å². The summed E-state index contributed by atoms with van der Waals surface area (Å²) in [4.78, 5) is 27.2. The molecule has 2 aromatic rings. The molecule has 2 aromatic heterocycles. The van der Waals surface area contributed by atoms with E-state index < -0.39 is 0 Å². The lowest BCUT2D eigenvalue weighted by molar-refractivity contribution is -0.147. The largest absolute Gasteiger partial charge is 0.469 e. The number of hydrogen-bond acceptors (Lipinski definition) is 9. The summed E-state index contributed by atoms with van der Waals surface area (Å²) in [6, 6.07) is 0.725. The summed E-state index contributed by atoms with van der Waals surface area (Å²) in [5.41, 5.74) is 7.23. The summed E-state index contributed by atoms with van der Waals surface area (Å²) < 4.78 is 17.9. The number of rotatable bonds is 10. The maximum absolute atomic E-state index is 11.7. The van der Waals surface area contributed by atoms with E-state index in [4.69, 9.17) is 19.9 Å². The number of piperidine rings is 1. The maximum Gasteiger partial charge on any atom is 0.320 e. The van der Waals surface area contributed by atoms with Gasteiger partial charge in [0.1, 0.15) is 0 Å². The number of carbonyl (C=O) groups excluding carboxylic acids is 1. The number of aromatic nitrogens is 4. The fourth-order valence-electron chi connectivity index (χ4n) is 3.72. The van der Waals surface area contributed by atoms with Crippen molar-refractivity contribution in [1.29, 1.82) is 0 Å². The highest BCUT2D eigenvalue weighted by Gasteiger charge is 2.25. The van der Waals surface area contributed by atoms with Gasteiger partial charge in [0.2, 0.25) is 0 Å². The van der Waals surface area contributed by atoms with Crippen LogP contribution in [0.5, 0.6) is 12.0 Å². The zero-order valence-electron chi connectivity index (χ0n) is 18.1. The molecule has 3 rings (SSSR count). The topological polar surface area (TPSA) is 118 Å². The summed E-state index contributed by atoms with van der Waals surface area (Å²) in [7, 11) is 3.03. The second-order valence-electron chi connectivity index (χ2n) is 7.51. The maximum atomic E-state index is 11.7. The number of aryl methyl sites for hydroxylation is 1. The first-order valence-corrected chi connectivity index (χ1v) is 10.6. The third-order valence-corrected chi connectivity index (χ3v) is 5.46. The molecule has 0 saturated carbocycles. The van der Waals surface area contributed by atoms with Gasteiger partial charge in [0.25, 0.3) is 6.01 Å². The molecule has 0 radical (unpaired) electrons.